The molecule has 3 nitrogen and oxygen atoms in total. The van der Waals surface area contributed by atoms with Crippen LogP contribution in [0.1, 0.15) is 18.1 Å². The molecule has 0 fully saturated rings. The zero-order valence-electron chi connectivity index (χ0n) is 14.2. The molecule has 0 bridgehead atoms. The van der Waals surface area contributed by atoms with E-state index in [2.05, 4.69) is 22.1 Å². The topological polar surface area (TPSA) is 41.8 Å². The number of nitrogens with zero attached hydrogens (tertiary/aromatic N) is 2. The molecule has 0 unspecified atom stereocenters. The van der Waals surface area contributed by atoms with Crippen molar-refractivity contribution in [1.29, 1.82) is 0 Å². The first kappa shape index (κ1) is 17.7. The number of hydrogen-bond donors (Lipinski definition) is 0. The smallest absolute Gasteiger partial charge is 0.190 e. The van der Waals surface area contributed by atoms with Crippen molar-refractivity contribution in [2.75, 3.05) is 0 Å². The minimum absolute atomic E-state index is 0.0772. The molecule has 0 N–H and O–H groups in total. The number of azo groups is 1. The van der Waals surface area contributed by atoms with E-state index in [9.17, 15) is 4.79 Å². The maximum Gasteiger partial charge on any atom is 0.190 e. The number of carbonyl (C=O) groups is 1. The average Bonchev–Trinajstić information content (AvgIpc) is 2.67. The molecule has 0 saturated carbocycles. The van der Waals surface area contributed by atoms with Crippen LogP contribution in [0.3, 0.4) is 0 Å². The number of carbonyl (C=O) groups excluding carboxylic acids is 1. The predicted octanol–water partition coefficient (Wildman–Crippen LogP) is 6.14. The number of thioether (sulfide) groups is 1. The predicted molar refractivity (Wildman–Crippen MR) is 106 cm³/mol. The molecule has 0 heterocycles. The van der Waals surface area contributed by atoms with Gasteiger partial charge < -0.3 is 0 Å². The van der Waals surface area contributed by atoms with Gasteiger partial charge in [0.1, 0.15) is 0 Å². The standard InChI is InChI=1S/C22H16N2OS/c1-17(25)26-22-15-11-19(12-16-22)8-7-18-9-13-21(14-10-18)24-23-20-5-3-2-4-6-20/h2-6,9-16H,1H3. The van der Waals surface area contributed by atoms with Crippen LogP contribution in [0.15, 0.2) is 94.0 Å². The molecule has 0 aliphatic rings. The molecule has 0 aromatic heterocycles. The van der Waals surface area contributed by atoms with Crippen LogP contribution in [-0.4, -0.2) is 5.12 Å². The molecule has 0 radical (unpaired) electrons. The zero-order valence-corrected chi connectivity index (χ0v) is 15.0. The molecule has 3 rings (SSSR count). The first-order valence-electron chi connectivity index (χ1n) is 8.06. The second-order valence-corrected chi connectivity index (χ2v) is 6.70. The van der Waals surface area contributed by atoms with Crippen molar-refractivity contribution in [2.45, 2.75) is 11.8 Å². The summed E-state index contributed by atoms with van der Waals surface area (Å²) in [6, 6.07) is 24.9. The van der Waals surface area contributed by atoms with Gasteiger partial charge in [0.2, 0.25) is 0 Å². The summed E-state index contributed by atoms with van der Waals surface area (Å²) in [4.78, 5) is 12.0. The third-order valence-corrected chi connectivity index (χ3v) is 4.17. The molecule has 0 aliphatic heterocycles. The molecule has 0 aliphatic carbocycles. The van der Waals surface area contributed by atoms with Crippen molar-refractivity contribution >= 4 is 28.3 Å². The molecule has 4 heteroatoms. The maximum atomic E-state index is 11.1. The monoisotopic (exact) mass is 356 g/mol. The van der Waals surface area contributed by atoms with Gasteiger partial charge >= 0.3 is 0 Å². The molecule has 0 amide bonds. The lowest BCUT2D eigenvalue weighted by Gasteiger charge is -1.97. The van der Waals surface area contributed by atoms with Crippen LogP contribution in [0.2, 0.25) is 0 Å². The summed E-state index contributed by atoms with van der Waals surface area (Å²) >= 11 is 1.22. The Bertz CT molecular complexity index is 967. The summed E-state index contributed by atoms with van der Waals surface area (Å²) in [7, 11) is 0. The lowest BCUT2D eigenvalue weighted by Crippen LogP contribution is -1.81. The van der Waals surface area contributed by atoms with Gasteiger partial charge in [-0.15, -0.1) is 0 Å². The third kappa shape index (κ3) is 5.44. The number of benzene rings is 3. The second kappa shape index (κ2) is 8.80. The summed E-state index contributed by atoms with van der Waals surface area (Å²) in [6.45, 7) is 1.56. The number of hydrogen-bond acceptors (Lipinski definition) is 4. The summed E-state index contributed by atoms with van der Waals surface area (Å²) in [5.41, 5.74) is 3.42. The van der Waals surface area contributed by atoms with Gasteiger partial charge in [-0.1, -0.05) is 41.8 Å². The van der Waals surface area contributed by atoms with Crippen molar-refractivity contribution in [1.82, 2.24) is 0 Å². The Kier molecular flexibility index (Phi) is 5.97. The maximum absolute atomic E-state index is 11.1. The highest BCUT2D eigenvalue weighted by molar-refractivity contribution is 8.13. The van der Waals surface area contributed by atoms with Gasteiger partial charge in [0.15, 0.2) is 5.12 Å². The Morgan fingerprint density at radius 1 is 0.731 bits per heavy atom. The highest BCUT2D eigenvalue weighted by Crippen LogP contribution is 2.19. The van der Waals surface area contributed by atoms with Crippen molar-refractivity contribution in [2.24, 2.45) is 10.2 Å². The SMILES string of the molecule is CC(=O)Sc1ccc(C#Cc2ccc(N=Nc3ccccc3)cc2)cc1. The summed E-state index contributed by atoms with van der Waals surface area (Å²) < 4.78 is 0. The van der Waals surface area contributed by atoms with Crippen LogP contribution >= 0.6 is 11.8 Å². The van der Waals surface area contributed by atoms with Crippen LogP contribution in [0.5, 0.6) is 0 Å². The first-order chi connectivity index (χ1) is 12.7. The van der Waals surface area contributed by atoms with E-state index in [1.807, 2.05) is 78.9 Å². The summed E-state index contributed by atoms with van der Waals surface area (Å²) in [5, 5.41) is 8.48. The molecule has 26 heavy (non-hydrogen) atoms. The normalized spacial score (nSPS) is 10.3. The Hall–Kier alpha value is -3.16. The minimum Gasteiger partial charge on any atom is -0.287 e. The van der Waals surface area contributed by atoms with E-state index in [4.69, 9.17) is 0 Å². The molecule has 126 valence electrons. The van der Waals surface area contributed by atoms with Crippen LogP contribution in [-0.2, 0) is 4.79 Å². The van der Waals surface area contributed by atoms with Gasteiger partial charge in [0, 0.05) is 22.9 Å². The van der Waals surface area contributed by atoms with Crippen LogP contribution < -0.4 is 0 Å². The Labute approximate surface area is 157 Å². The van der Waals surface area contributed by atoms with E-state index in [0.29, 0.717) is 0 Å². The van der Waals surface area contributed by atoms with E-state index in [-0.39, 0.29) is 5.12 Å². The zero-order chi connectivity index (χ0) is 18.2. The molecule has 3 aromatic carbocycles. The van der Waals surface area contributed by atoms with E-state index >= 15 is 0 Å². The quantitative estimate of drug-likeness (QED) is 0.321. The largest absolute Gasteiger partial charge is 0.287 e. The first-order valence-corrected chi connectivity index (χ1v) is 8.88. The Balaban J connectivity index is 1.65. The van der Waals surface area contributed by atoms with Gasteiger partial charge in [0.05, 0.1) is 11.4 Å². The Morgan fingerprint density at radius 3 is 1.77 bits per heavy atom. The van der Waals surface area contributed by atoms with E-state index in [1.54, 1.807) is 6.92 Å². The van der Waals surface area contributed by atoms with E-state index < -0.39 is 0 Å². The van der Waals surface area contributed by atoms with Crippen LogP contribution in [0, 0.1) is 11.8 Å². The molecule has 0 atom stereocenters. The molecular weight excluding hydrogens is 340 g/mol. The highest BCUT2D eigenvalue weighted by Gasteiger charge is 1.97. The van der Waals surface area contributed by atoms with Crippen molar-refractivity contribution in [3.8, 4) is 11.8 Å². The summed E-state index contributed by atoms with van der Waals surface area (Å²) in [6.07, 6.45) is 0. The van der Waals surface area contributed by atoms with Gasteiger partial charge in [0.25, 0.3) is 0 Å². The second-order valence-electron chi connectivity index (χ2n) is 5.45. The van der Waals surface area contributed by atoms with E-state index in [0.717, 1.165) is 27.4 Å². The lowest BCUT2D eigenvalue weighted by atomic mass is 10.2. The highest BCUT2D eigenvalue weighted by atomic mass is 32.2. The fourth-order valence-electron chi connectivity index (χ4n) is 2.14. The number of rotatable bonds is 3. The van der Waals surface area contributed by atoms with E-state index in [1.165, 1.54) is 11.8 Å². The van der Waals surface area contributed by atoms with Crippen molar-refractivity contribution in [3.63, 3.8) is 0 Å². The van der Waals surface area contributed by atoms with Crippen LogP contribution in [0.25, 0.3) is 0 Å². The van der Waals surface area contributed by atoms with Gasteiger partial charge in [-0.2, -0.15) is 10.2 Å². The molecular formula is C22H16N2OS. The molecule has 3 aromatic rings. The molecule has 0 saturated heterocycles. The van der Waals surface area contributed by atoms with Gasteiger partial charge in [-0.25, -0.2) is 0 Å². The fraction of sp³-hybridized carbons (Fsp3) is 0.0455. The van der Waals surface area contributed by atoms with Gasteiger partial charge in [-0.05, 0) is 60.7 Å². The van der Waals surface area contributed by atoms with Crippen molar-refractivity contribution in [3.05, 3.63) is 90.0 Å². The van der Waals surface area contributed by atoms with Gasteiger partial charge in [-0.3, -0.25) is 4.79 Å². The minimum atomic E-state index is 0.0772. The molecule has 0 spiro atoms. The fourth-order valence-corrected chi connectivity index (χ4v) is 2.74. The van der Waals surface area contributed by atoms with Crippen LogP contribution in [0.4, 0.5) is 11.4 Å². The Morgan fingerprint density at radius 2 is 1.23 bits per heavy atom. The third-order valence-electron chi connectivity index (χ3n) is 3.37. The average molecular weight is 356 g/mol. The van der Waals surface area contributed by atoms with Crippen molar-refractivity contribution < 1.29 is 4.79 Å². The summed E-state index contributed by atoms with van der Waals surface area (Å²) in [5.74, 6) is 6.25. The lowest BCUT2D eigenvalue weighted by molar-refractivity contribution is -0.109.